The van der Waals surface area contributed by atoms with E-state index < -0.39 is 0 Å². The summed E-state index contributed by atoms with van der Waals surface area (Å²) in [7, 11) is 0. The number of likely N-dealkylation sites (tertiary alicyclic amines) is 1. The van der Waals surface area contributed by atoms with Crippen LogP contribution in [0.1, 0.15) is 32.1 Å². The van der Waals surface area contributed by atoms with Crippen molar-refractivity contribution in [1.29, 1.82) is 0 Å². The Morgan fingerprint density at radius 3 is 2.60 bits per heavy atom. The monoisotopic (exact) mass is 280 g/mol. The van der Waals surface area contributed by atoms with Crippen LogP contribution < -0.4 is 10.6 Å². The number of piperidine rings is 1. The van der Waals surface area contributed by atoms with Crippen molar-refractivity contribution < 1.29 is 9.59 Å². The van der Waals surface area contributed by atoms with Gasteiger partial charge in [-0.25, -0.2) is 4.79 Å². The zero-order valence-electron chi connectivity index (χ0n) is 11.9. The number of carbonyl (C=O) groups excluding carboxylic acids is 2. The number of urea groups is 1. The van der Waals surface area contributed by atoms with E-state index in [1.165, 1.54) is 32.4 Å². The number of carbonyl (C=O) groups is 2. The van der Waals surface area contributed by atoms with Crippen LogP contribution in [0, 0.1) is 0 Å². The number of amides is 3. The molecule has 0 spiro atoms. The van der Waals surface area contributed by atoms with Crippen molar-refractivity contribution in [2.24, 2.45) is 0 Å². The number of rotatable bonds is 2. The van der Waals surface area contributed by atoms with Gasteiger partial charge in [-0.05, 0) is 38.8 Å². The third-order valence-electron chi connectivity index (χ3n) is 4.67. The van der Waals surface area contributed by atoms with Gasteiger partial charge in [0, 0.05) is 25.2 Å². The quantitative estimate of drug-likeness (QED) is 0.756. The second kappa shape index (κ2) is 5.99. The van der Waals surface area contributed by atoms with Gasteiger partial charge in [0.25, 0.3) is 0 Å². The molecule has 0 unspecified atom stereocenters. The number of nitrogens with zero attached hydrogens (tertiary/aromatic N) is 2. The summed E-state index contributed by atoms with van der Waals surface area (Å²) in [6.07, 6.45) is 6.12. The minimum absolute atomic E-state index is 0.0637. The van der Waals surface area contributed by atoms with Crippen molar-refractivity contribution in [2.45, 2.75) is 44.2 Å². The Morgan fingerprint density at radius 1 is 1.15 bits per heavy atom. The lowest BCUT2D eigenvalue weighted by molar-refractivity contribution is -0.123. The van der Waals surface area contributed by atoms with E-state index in [-0.39, 0.29) is 18.5 Å². The van der Waals surface area contributed by atoms with Gasteiger partial charge in [0.2, 0.25) is 5.91 Å². The molecule has 0 aromatic carbocycles. The van der Waals surface area contributed by atoms with Gasteiger partial charge in [-0.1, -0.05) is 6.42 Å². The first-order valence-electron chi connectivity index (χ1n) is 7.78. The van der Waals surface area contributed by atoms with Gasteiger partial charge in [-0.3, -0.25) is 4.79 Å². The predicted octanol–water partition coefficient (Wildman–Crippen LogP) is 0.145. The van der Waals surface area contributed by atoms with Crippen LogP contribution in [0.2, 0.25) is 0 Å². The standard InChI is InChI=1S/C14H24N4O2/c19-13-10-18(7-4-15-13)14(20)16-11-8-12(9-11)17-5-2-1-3-6-17/h11-12H,1-10H2,(H,15,19)(H,16,20). The van der Waals surface area contributed by atoms with E-state index in [0.717, 1.165) is 12.8 Å². The van der Waals surface area contributed by atoms with Crippen LogP contribution in [0.4, 0.5) is 4.79 Å². The molecule has 20 heavy (non-hydrogen) atoms. The van der Waals surface area contributed by atoms with Crippen LogP contribution in [0.25, 0.3) is 0 Å². The molecule has 6 nitrogen and oxygen atoms in total. The second-order valence-corrected chi connectivity index (χ2v) is 6.14. The van der Waals surface area contributed by atoms with E-state index in [2.05, 4.69) is 15.5 Å². The molecular weight excluding hydrogens is 256 g/mol. The second-order valence-electron chi connectivity index (χ2n) is 6.14. The maximum atomic E-state index is 12.1. The molecule has 2 saturated heterocycles. The van der Waals surface area contributed by atoms with Gasteiger partial charge in [0.05, 0.1) is 0 Å². The number of hydrogen-bond donors (Lipinski definition) is 2. The van der Waals surface area contributed by atoms with Gasteiger partial charge in [0.15, 0.2) is 0 Å². The summed E-state index contributed by atoms with van der Waals surface area (Å²) < 4.78 is 0. The average molecular weight is 280 g/mol. The molecule has 112 valence electrons. The summed E-state index contributed by atoms with van der Waals surface area (Å²) in [5.74, 6) is -0.0637. The molecule has 3 rings (SSSR count). The van der Waals surface area contributed by atoms with Crippen molar-refractivity contribution >= 4 is 11.9 Å². The minimum Gasteiger partial charge on any atom is -0.353 e. The summed E-state index contributed by atoms with van der Waals surface area (Å²) >= 11 is 0. The fourth-order valence-corrected chi connectivity index (χ4v) is 3.37. The molecule has 0 bridgehead atoms. The highest BCUT2D eigenvalue weighted by molar-refractivity contribution is 5.85. The Labute approximate surface area is 119 Å². The van der Waals surface area contributed by atoms with E-state index in [1.807, 2.05) is 0 Å². The fourth-order valence-electron chi connectivity index (χ4n) is 3.37. The van der Waals surface area contributed by atoms with Crippen molar-refractivity contribution in [2.75, 3.05) is 32.7 Å². The first kappa shape index (κ1) is 13.7. The minimum atomic E-state index is -0.0815. The van der Waals surface area contributed by atoms with Crippen LogP contribution in [0.5, 0.6) is 0 Å². The van der Waals surface area contributed by atoms with Crippen molar-refractivity contribution in [3.05, 3.63) is 0 Å². The third kappa shape index (κ3) is 3.06. The summed E-state index contributed by atoms with van der Waals surface area (Å²) in [5, 5.41) is 5.79. The van der Waals surface area contributed by atoms with E-state index >= 15 is 0 Å². The third-order valence-corrected chi connectivity index (χ3v) is 4.67. The molecule has 2 heterocycles. The summed E-state index contributed by atoms with van der Waals surface area (Å²) in [4.78, 5) is 27.5. The highest BCUT2D eigenvalue weighted by Gasteiger charge is 2.35. The molecule has 1 saturated carbocycles. The van der Waals surface area contributed by atoms with Gasteiger partial charge >= 0.3 is 6.03 Å². The number of hydrogen-bond acceptors (Lipinski definition) is 3. The van der Waals surface area contributed by atoms with Crippen LogP contribution in [0.3, 0.4) is 0 Å². The summed E-state index contributed by atoms with van der Waals surface area (Å²) in [6.45, 7) is 3.80. The molecule has 2 N–H and O–H groups in total. The first-order chi connectivity index (χ1) is 9.72. The fraction of sp³-hybridized carbons (Fsp3) is 0.857. The lowest BCUT2D eigenvalue weighted by Crippen LogP contribution is -2.59. The average Bonchev–Trinajstić information content (AvgIpc) is 2.43. The molecule has 3 aliphatic rings. The van der Waals surface area contributed by atoms with Crippen LogP contribution in [-0.2, 0) is 4.79 Å². The lowest BCUT2D eigenvalue weighted by atomic mass is 9.84. The Bertz CT molecular complexity index is 375. The zero-order valence-corrected chi connectivity index (χ0v) is 11.9. The summed E-state index contributed by atoms with van der Waals surface area (Å²) in [6, 6.07) is 0.867. The molecule has 6 heteroatoms. The largest absolute Gasteiger partial charge is 0.353 e. The normalized spacial score (nSPS) is 31.4. The molecule has 0 atom stereocenters. The van der Waals surface area contributed by atoms with Gasteiger partial charge < -0.3 is 20.4 Å². The molecule has 0 aromatic heterocycles. The SMILES string of the molecule is O=C1CN(C(=O)NC2CC(N3CCCCC3)C2)CCN1. The highest BCUT2D eigenvalue weighted by atomic mass is 16.2. The van der Waals surface area contributed by atoms with E-state index in [1.54, 1.807) is 4.90 Å². The Hall–Kier alpha value is -1.30. The van der Waals surface area contributed by atoms with Crippen LogP contribution in [0.15, 0.2) is 0 Å². The number of piperazine rings is 1. The molecule has 3 fully saturated rings. The van der Waals surface area contributed by atoms with Gasteiger partial charge in [-0.2, -0.15) is 0 Å². The first-order valence-corrected chi connectivity index (χ1v) is 7.78. The zero-order chi connectivity index (χ0) is 13.9. The lowest BCUT2D eigenvalue weighted by Gasteiger charge is -2.45. The van der Waals surface area contributed by atoms with Gasteiger partial charge in [0.1, 0.15) is 6.54 Å². The molecule has 0 aromatic rings. The molecular formula is C14H24N4O2. The molecule has 2 aliphatic heterocycles. The van der Waals surface area contributed by atoms with Gasteiger partial charge in [-0.15, -0.1) is 0 Å². The molecule has 0 radical (unpaired) electrons. The van der Waals surface area contributed by atoms with Crippen LogP contribution in [-0.4, -0.2) is 66.5 Å². The Morgan fingerprint density at radius 2 is 1.90 bits per heavy atom. The maximum absolute atomic E-state index is 12.1. The molecule has 1 aliphatic carbocycles. The van der Waals surface area contributed by atoms with Crippen molar-refractivity contribution in [1.82, 2.24) is 20.4 Å². The predicted molar refractivity (Wildman–Crippen MR) is 75.3 cm³/mol. The Balaban J connectivity index is 1.39. The summed E-state index contributed by atoms with van der Waals surface area (Å²) in [5.41, 5.74) is 0. The van der Waals surface area contributed by atoms with E-state index in [4.69, 9.17) is 0 Å². The maximum Gasteiger partial charge on any atom is 0.318 e. The smallest absolute Gasteiger partial charge is 0.318 e. The Kier molecular flexibility index (Phi) is 4.10. The highest BCUT2D eigenvalue weighted by Crippen LogP contribution is 2.28. The molecule has 3 amide bonds. The van der Waals surface area contributed by atoms with Crippen LogP contribution >= 0.6 is 0 Å². The van der Waals surface area contributed by atoms with Crippen molar-refractivity contribution in [3.63, 3.8) is 0 Å². The van der Waals surface area contributed by atoms with Crippen molar-refractivity contribution in [3.8, 4) is 0 Å². The van der Waals surface area contributed by atoms with E-state index in [9.17, 15) is 9.59 Å². The van der Waals surface area contributed by atoms with E-state index in [0.29, 0.717) is 25.2 Å². The topological polar surface area (TPSA) is 64.7 Å². The number of nitrogens with one attached hydrogen (secondary N) is 2.